The molecule has 2 heterocycles. The Kier molecular flexibility index (Phi) is 5.32. The van der Waals surface area contributed by atoms with E-state index in [1.807, 2.05) is 66.7 Å². The van der Waals surface area contributed by atoms with Crippen molar-refractivity contribution >= 4 is 55.7 Å². The van der Waals surface area contributed by atoms with Crippen LogP contribution in [0.1, 0.15) is 33.6 Å². The summed E-state index contributed by atoms with van der Waals surface area (Å²) in [5.41, 5.74) is 2.88. The molecule has 0 atom stereocenters. The monoisotopic (exact) mass is 467 g/mol. The first-order valence-electron chi connectivity index (χ1n) is 11.1. The van der Waals surface area contributed by atoms with Gasteiger partial charge in [-0.25, -0.2) is 9.97 Å². The van der Waals surface area contributed by atoms with Crippen LogP contribution in [0.5, 0.6) is 0 Å². The zero-order chi connectivity index (χ0) is 22.2. The van der Waals surface area contributed by atoms with E-state index in [2.05, 4.69) is 15.3 Å². The highest BCUT2D eigenvalue weighted by atomic mass is 32.2. The average molecular weight is 468 g/mol. The lowest BCUT2D eigenvalue weighted by atomic mass is 9.97. The van der Waals surface area contributed by atoms with Crippen molar-refractivity contribution in [1.82, 2.24) is 9.97 Å². The van der Waals surface area contributed by atoms with Crippen LogP contribution in [0.2, 0.25) is 0 Å². The van der Waals surface area contributed by atoms with Crippen LogP contribution >= 0.6 is 23.1 Å². The zero-order valence-electron chi connectivity index (χ0n) is 17.9. The van der Waals surface area contributed by atoms with Gasteiger partial charge in [0.05, 0.1) is 5.69 Å². The molecule has 3 aromatic carbocycles. The van der Waals surface area contributed by atoms with Crippen molar-refractivity contribution in [1.29, 1.82) is 0 Å². The van der Waals surface area contributed by atoms with Crippen LogP contribution in [0.4, 0.5) is 5.69 Å². The highest BCUT2D eigenvalue weighted by Gasteiger charge is 2.21. The summed E-state index contributed by atoms with van der Waals surface area (Å²) in [6, 6.07) is 21.7. The van der Waals surface area contributed by atoms with E-state index in [1.54, 1.807) is 29.4 Å². The van der Waals surface area contributed by atoms with Gasteiger partial charge in [-0.05, 0) is 60.2 Å². The molecule has 6 rings (SSSR count). The summed E-state index contributed by atoms with van der Waals surface area (Å²) in [7, 11) is 0. The molecule has 1 aliphatic carbocycles. The molecule has 0 fully saturated rings. The molecule has 0 spiro atoms. The molecule has 0 radical (unpaired) electrons. The number of hydrogen-bond donors (Lipinski definition) is 1. The zero-order valence-corrected chi connectivity index (χ0v) is 19.5. The highest BCUT2D eigenvalue weighted by molar-refractivity contribution is 7.99. The van der Waals surface area contributed by atoms with Gasteiger partial charge in [-0.3, -0.25) is 4.79 Å². The standard InChI is InChI=1S/C27H21N3OS2/c31-25(19-12-7-9-17-8-1-2-10-18(17)19)30-21-13-4-6-15-23(21)33-27-24-20-11-3-5-14-22(20)32-26(24)28-16-29-27/h1-2,4,6-10,12-13,15-16H,3,5,11,14H2,(H,30,31). The number of fused-ring (bicyclic) bond motifs is 4. The van der Waals surface area contributed by atoms with Gasteiger partial charge < -0.3 is 5.32 Å². The molecule has 1 amide bonds. The highest BCUT2D eigenvalue weighted by Crippen LogP contribution is 2.42. The van der Waals surface area contributed by atoms with Crippen LogP contribution in [0.25, 0.3) is 21.0 Å². The van der Waals surface area contributed by atoms with Gasteiger partial charge in [0, 0.05) is 20.7 Å². The van der Waals surface area contributed by atoms with Crippen LogP contribution < -0.4 is 5.32 Å². The smallest absolute Gasteiger partial charge is 0.256 e. The van der Waals surface area contributed by atoms with E-state index >= 15 is 0 Å². The van der Waals surface area contributed by atoms with Crippen molar-refractivity contribution in [2.24, 2.45) is 0 Å². The number of nitrogens with one attached hydrogen (secondary N) is 1. The lowest BCUT2D eigenvalue weighted by molar-refractivity contribution is 0.102. The number of hydrogen-bond acceptors (Lipinski definition) is 5. The van der Waals surface area contributed by atoms with Crippen molar-refractivity contribution in [3.63, 3.8) is 0 Å². The molecule has 0 unspecified atom stereocenters. The maximum atomic E-state index is 13.3. The molecule has 0 saturated carbocycles. The quantitative estimate of drug-likeness (QED) is 0.286. The van der Waals surface area contributed by atoms with Crippen molar-refractivity contribution in [2.45, 2.75) is 35.6 Å². The molecule has 4 nitrogen and oxygen atoms in total. The number of para-hydroxylation sites is 1. The molecule has 2 aromatic heterocycles. The fourth-order valence-electron chi connectivity index (χ4n) is 4.51. The average Bonchev–Trinajstić information content (AvgIpc) is 3.24. The van der Waals surface area contributed by atoms with Gasteiger partial charge in [-0.2, -0.15) is 0 Å². The Morgan fingerprint density at radius 1 is 0.909 bits per heavy atom. The van der Waals surface area contributed by atoms with E-state index in [1.165, 1.54) is 28.7 Å². The summed E-state index contributed by atoms with van der Waals surface area (Å²) < 4.78 is 0. The second-order valence-corrected chi connectivity index (χ2v) is 10.3. The molecule has 1 N–H and O–H groups in total. The number of anilines is 1. The van der Waals surface area contributed by atoms with Gasteiger partial charge in [-0.1, -0.05) is 60.3 Å². The van der Waals surface area contributed by atoms with Crippen LogP contribution in [0.15, 0.2) is 83.0 Å². The summed E-state index contributed by atoms with van der Waals surface area (Å²) in [6.45, 7) is 0. The minimum Gasteiger partial charge on any atom is -0.321 e. The number of thiophene rings is 1. The summed E-state index contributed by atoms with van der Waals surface area (Å²) >= 11 is 3.41. The number of aryl methyl sites for hydroxylation is 2. The van der Waals surface area contributed by atoms with E-state index < -0.39 is 0 Å². The fraction of sp³-hybridized carbons (Fsp3) is 0.148. The molecule has 0 bridgehead atoms. The van der Waals surface area contributed by atoms with Crippen LogP contribution in [0, 0.1) is 0 Å². The topological polar surface area (TPSA) is 54.9 Å². The first-order chi connectivity index (χ1) is 16.3. The Morgan fingerprint density at radius 2 is 1.73 bits per heavy atom. The number of nitrogens with zero attached hydrogens (tertiary/aromatic N) is 2. The number of amides is 1. The largest absolute Gasteiger partial charge is 0.321 e. The SMILES string of the molecule is O=C(Nc1ccccc1Sc1ncnc2sc3c(c12)CCCC3)c1cccc2ccccc12. The van der Waals surface area contributed by atoms with Gasteiger partial charge in [0.25, 0.3) is 5.91 Å². The maximum Gasteiger partial charge on any atom is 0.256 e. The maximum absolute atomic E-state index is 13.3. The Hall–Kier alpha value is -3.22. The van der Waals surface area contributed by atoms with Gasteiger partial charge in [-0.15, -0.1) is 11.3 Å². The minimum atomic E-state index is -0.111. The number of aromatic nitrogens is 2. The van der Waals surface area contributed by atoms with Crippen molar-refractivity contribution in [3.05, 3.63) is 89.1 Å². The van der Waals surface area contributed by atoms with Gasteiger partial charge >= 0.3 is 0 Å². The number of carbonyl (C=O) groups excluding carboxylic acids is 1. The molecular formula is C27H21N3OS2. The normalized spacial score (nSPS) is 13.2. The summed E-state index contributed by atoms with van der Waals surface area (Å²) in [5.74, 6) is -0.111. The Bertz CT molecular complexity index is 1500. The van der Waals surface area contributed by atoms with Gasteiger partial charge in [0.1, 0.15) is 16.2 Å². The third-order valence-corrected chi connectivity index (χ3v) is 8.37. The number of carbonyl (C=O) groups is 1. The Morgan fingerprint density at radius 3 is 2.70 bits per heavy atom. The van der Waals surface area contributed by atoms with Crippen LogP contribution in [-0.2, 0) is 12.8 Å². The number of rotatable bonds is 4. The van der Waals surface area contributed by atoms with Gasteiger partial charge in [0.2, 0.25) is 0 Å². The molecule has 5 aromatic rings. The van der Waals surface area contributed by atoms with Crippen molar-refractivity contribution in [2.75, 3.05) is 5.32 Å². The van der Waals surface area contributed by atoms with E-state index in [0.29, 0.717) is 5.56 Å². The summed E-state index contributed by atoms with van der Waals surface area (Å²) in [6.07, 6.45) is 6.35. The molecule has 0 saturated heterocycles. The predicted molar refractivity (Wildman–Crippen MR) is 137 cm³/mol. The molecule has 1 aliphatic rings. The number of benzene rings is 3. The third kappa shape index (κ3) is 3.79. The van der Waals surface area contributed by atoms with Crippen molar-refractivity contribution < 1.29 is 4.79 Å². The molecule has 6 heteroatoms. The van der Waals surface area contributed by atoms with Crippen LogP contribution in [-0.4, -0.2) is 15.9 Å². The lowest BCUT2D eigenvalue weighted by Gasteiger charge is -2.13. The van der Waals surface area contributed by atoms with E-state index in [0.717, 1.165) is 44.1 Å². The molecular weight excluding hydrogens is 446 g/mol. The van der Waals surface area contributed by atoms with Gasteiger partial charge in [0.15, 0.2) is 0 Å². The molecule has 0 aliphatic heterocycles. The second kappa shape index (κ2) is 8.61. The summed E-state index contributed by atoms with van der Waals surface area (Å²) in [4.78, 5) is 25.9. The van der Waals surface area contributed by atoms with Crippen molar-refractivity contribution in [3.8, 4) is 0 Å². The molecule has 162 valence electrons. The van der Waals surface area contributed by atoms with E-state index in [9.17, 15) is 4.79 Å². The fourth-order valence-corrected chi connectivity index (χ4v) is 6.81. The summed E-state index contributed by atoms with van der Waals surface area (Å²) in [5, 5.41) is 7.30. The van der Waals surface area contributed by atoms with Crippen LogP contribution in [0.3, 0.4) is 0 Å². The first kappa shape index (κ1) is 20.4. The minimum absolute atomic E-state index is 0.111. The third-order valence-electron chi connectivity index (χ3n) is 6.09. The lowest BCUT2D eigenvalue weighted by Crippen LogP contribution is -2.13. The van der Waals surface area contributed by atoms with E-state index in [4.69, 9.17) is 0 Å². The Balaban J connectivity index is 1.35. The Labute approximate surface area is 200 Å². The second-order valence-electron chi connectivity index (χ2n) is 8.15. The molecule has 33 heavy (non-hydrogen) atoms. The van der Waals surface area contributed by atoms with E-state index in [-0.39, 0.29) is 5.91 Å². The first-order valence-corrected chi connectivity index (χ1v) is 12.7. The predicted octanol–water partition coefficient (Wildman–Crippen LogP) is 7.13.